The Bertz CT molecular complexity index is 260. The van der Waals surface area contributed by atoms with Crippen LogP contribution in [0.1, 0.15) is 16.1 Å². The van der Waals surface area contributed by atoms with E-state index >= 15 is 0 Å². The number of rotatable bonds is 1. The molecule has 1 aromatic heterocycles. The summed E-state index contributed by atoms with van der Waals surface area (Å²) in [5.41, 5.74) is 1.59. The third kappa shape index (κ3) is 1.53. The summed E-state index contributed by atoms with van der Waals surface area (Å²) in [5, 5.41) is 0. The fourth-order valence-corrected chi connectivity index (χ4v) is 1.08. The fourth-order valence-electron chi connectivity index (χ4n) is 0.655. The highest BCUT2D eigenvalue weighted by Crippen LogP contribution is 2.08. The first-order chi connectivity index (χ1) is 4.74. The molecule has 0 aliphatic heterocycles. The van der Waals surface area contributed by atoms with E-state index in [1.54, 1.807) is 12.3 Å². The van der Waals surface area contributed by atoms with Gasteiger partial charge in [0.1, 0.15) is 0 Å². The highest BCUT2D eigenvalue weighted by molar-refractivity contribution is 14.1. The molecule has 0 radical (unpaired) electrons. The first-order valence-electron chi connectivity index (χ1n) is 2.81. The Balaban J connectivity index is 3.21. The number of halogens is 1. The molecule has 2 nitrogen and oxygen atoms in total. The van der Waals surface area contributed by atoms with Gasteiger partial charge in [-0.2, -0.15) is 0 Å². The Morgan fingerprint density at radius 2 is 2.40 bits per heavy atom. The first-order valence-corrected chi connectivity index (χ1v) is 3.89. The van der Waals surface area contributed by atoms with Gasteiger partial charge in [-0.1, -0.05) is 0 Å². The Morgan fingerprint density at radius 3 is 2.90 bits per heavy atom. The van der Waals surface area contributed by atoms with Gasteiger partial charge >= 0.3 is 0 Å². The van der Waals surface area contributed by atoms with E-state index in [1.165, 1.54) is 0 Å². The molecule has 0 amide bonds. The van der Waals surface area contributed by atoms with Crippen LogP contribution in [0, 0.1) is 10.5 Å². The second-order valence-corrected chi connectivity index (χ2v) is 3.13. The molecule has 0 saturated carbocycles. The molecule has 0 aromatic carbocycles. The summed E-state index contributed by atoms with van der Waals surface area (Å²) in [7, 11) is 0. The lowest BCUT2D eigenvalue weighted by Gasteiger charge is -1.95. The van der Waals surface area contributed by atoms with Gasteiger partial charge in [-0.25, -0.2) is 0 Å². The molecule has 1 rings (SSSR count). The van der Waals surface area contributed by atoms with Crippen LogP contribution in [0.5, 0.6) is 0 Å². The molecular formula is C7H6INO. The van der Waals surface area contributed by atoms with Crippen molar-refractivity contribution in [2.75, 3.05) is 0 Å². The molecule has 0 N–H and O–H groups in total. The quantitative estimate of drug-likeness (QED) is 0.559. The number of aryl methyl sites for hydroxylation is 1. The van der Waals surface area contributed by atoms with Crippen molar-refractivity contribution in [3.63, 3.8) is 0 Å². The van der Waals surface area contributed by atoms with E-state index in [-0.39, 0.29) is 0 Å². The van der Waals surface area contributed by atoms with Crippen molar-refractivity contribution in [1.82, 2.24) is 4.98 Å². The number of pyridine rings is 1. The first kappa shape index (κ1) is 7.65. The molecule has 1 aromatic rings. The number of nitrogens with zero attached hydrogens (tertiary/aromatic N) is 1. The summed E-state index contributed by atoms with van der Waals surface area (Å²) in [4.78, 5) is 14.4. The van der Waals surface area contributed by atoms with Crippen LogP contribution in [0.3, 0.4) is 0 Å². The van der Waals surface area contributed by atoms with Crippen LogP contribution in [0.2, 0.25) is 0 Å². The van der Waals surface area contributed by atoms with Gasteiger partial charge in [-0.15, -0.1) is 0 Å². The zero-order valence-corrected chi connectivity index (χ0v) is 7.62. The Labute approximate surface area is 72.8 Å². The summed E-state index contributed by atoms with van der Waals surface area (Å²) < 4.78 is 0.901. The van der Waals surface area contributed by atoms with E-state index in [2.05, 4.69) is 27.6 Å². The van der Waals surface area contributed by atoms with E-state index in [9.17, 15) is 4.79 Å². The number of aldehydes is 1. The summed E-state index contributed by atoms with van der Waals surface area (Å²) >= 11 is 2.08. The van der Waals surface area contributed by atoms with Crippen molar-refractivity contribution in [3.8, 4) is 0 Å². The minimum atomic E-state index is 0.716. The topological polar surface area (TPSA) is 30.0 Å². The van der Waals surface area contributed by atoms with Gasteiger partial charge in [-0.05, 0) is 35.6 Å². The van der Waals surface area contributed by atoms with Gasteiger partial charge in [0, 0.05) is 21.0 Å². The van der Waals surface area contributed by atoms with Crippen molar-refractivity contribution in [2.45, 2.75) is 6.92 Å². The summed E-state index contributed by atoms with van der Waals surface area (Å²) in [6.45, 7) is 1.86. The molecule has 0 unspecified atom stereocenters. The molecule has 0 spiro atoms. The number of carbonyl (C=O) groups excluding carboxylic acids is 1. The normalized spacial score (nSPS) is 9.40. The zero-order valence-electron chi connectivity index (χ0n) is 5.47. The van der Waals surface area contributed by atoms with E-state index in [4.69, 9.17) is 0 Å². The SMILES string of the molecule is Cc1cc(C=O)c(I)cn1. The largest absolute Gasteiger partial charge is 0.298 e. The van der Waals surface area contributed by atoms with Gasteiger partial charge in [0.2, 0.25) is 0 Å². The number of hydrogen-bond acceptors (Lipinski definition) is 2. The summed E-state index contributed by atoms with van der Waals surface area (Å²) in [6, 6.07) is 1.77. The fraction of sp³-hybridized carbons (Fsp3) is 0.143. The molecule has 0 aliphatic rings. The lowest BCUT2D eigenvalue weighted by molar-refractivity contribution is 0.112. The third-order valence-corrected chi connectivity index (χ3v) is 2.05. The van der Waals surface area contributed by atoms with Crippen molar-refractivity contribution >= 4 is 28.9 Å². The second-order valence-electron chi connectivity index (χ2n) is 1.97. The standard InChI is InChI=1S/C7H6INO/c1-5-2-6(4-10)7(8)3-9-5/h2-4H,1H3. The minimum Gasteiger partial charge on any atom is -0.298 e. The van der Waals surface area contributed by atoms with Crippen LogP contribution in [-0.4, -0.2) is 11.3 Å². The lowest BCUT2D eigenvalue weighted by atomic mass is 10.2. The van der Waals surface area contributed by atoms with E-state index in [1.807, 2.05) is 6.92 Å². The van der Waals surface area contributed by atoms with Crippen molar-refractivity contribution in [3.05, 3.63) is 27.1 Å². The van der Waals surface area contributed by atoms with Gasteiger partial charge in [0.05, 0.1) is 0 Å². The van der Waals surface area contributed by atoms with Gasteiger partial charge in [0.25, 0.3) is 0 Å². The predicted molar refractivity (Wildman–Crippen MR) is 47.1 cm³/mol. The molecule has 0 saturated heterocycles. The number of carbonyl (C=O) groups is 1. The van der Waals surface area contributed by atoms with Crippen LogP contribution >= 0.6 is 22.6 Å². The minimum absolute atomic E-state index is 0.716. The molecule has 1 heterocycles. The molecule has 10 heavy (non-hydrogen) atoms. The predicted octanol–water partition coefficient (Wildman–Crippen LogP) is 1.81. The third-order valence-electron chi connectivity index (χ3n) is 1.15. The number of hydrogen-bond donors (Lipinski definition) is 0. The molecule has 0 bridgehead atoms. The monoisotopic (exact) mass is 247 g/mol. The molecule has 0 aliphatic carbocycles. The molecular weight excluding hydrogens is 241 g/mol. The molecule has 0 atom stereocenters. The second kappa shape index (κ2) is 3.09. The average molecular weight is 247 g/mol. The van der Waals surface area contributed by atoms with Crippen LogP contribution in [0.25, 0.3) is 0 Å². The molecule has 0 fully saturated rings. The Morgan fingerprint density at radius 1 is 1.70 bits per heavy atom. The molecule has 52 valence electrons. The number of aromatic nitrogens is 1. The maximum atomic E-state index is 10.3. The summed E-state index contributed by atoms with van der Waals surface area (Å²) in [6.07, 6.45) is 2.54. The maximum absolute atomic E-state index is 10.3. The lowest BCUT2D eigenvalue weighted by Crippen LogP contribution is -1.89. The van der Waals surface area contributed by atoms with Crippen molar-refractivity contribution in [1.29, 1.82) is 0 Å². The van der Waals surface area contributed by atoms with Crippen molar-refractivity contribution < 1.29 is 4.79 Å². The van der Waals surface area contributed by atoms with Crippen LogP contribution < -0.4 is 0 Å². The average Bonchev–Trinajstić information content (AvgIpc) is 1.94. The van der Waals surface area contributed by atoms with E-state index in [0.717, 1.165) is 15.6 Å². The van der Waals surface area contributed by atoms with Gasteiger partial charge < -0.3 is 0 Å². The summed E-state index contributed by atoms with van der Waals surface area (Å²) in [5.74, 6) is 0. The smallest absolute Gasteiger partial charge is 0.151 e. The van der Waals surface area contributed by atoms with Crippen LogP contribution in [0.4, 0.5) is 0 Å². The maximum Gasteiger partial charge on any atom is 0.151 e. The highest BCUT2D eigenvalue weighted by atomic mass is 127. The van der Waals surface area contributed by atoms with Gasteiger partial charge in [-0.3, -0.25) is 9.78 Å². The molecule has 3 heteroatoms. The Hall–Kier alpha value is -0.450. The van der Waals surface area contributed by atoms with E-state index in [0.29, 0.717) is 5.56 Å². The van der Waals surface area contributed by atoms with Crippen molar-refractivity contribution in [2.24, 2.45) is 0 Å². The van der Waals surface area contributed by atoms with Crippen LogP contribution in [-0.2, 0) is 0 Å². The van der Waals surface area contributed by atoms with Gasteiger partial charge in [0.15, 0.2) is 6.29 Å². The zero-order chi connectivity index (χ0) is 7.56. The van der Waals surface area contributed by atoms with Crippen LogP contribution in [0.15, 0.2) is 12.3 Å². The van der Waals surface area contributed by atoms with E-state index < -0.39 is 0 Å². The Kier molecular flexibility index (Phi) is 2.37. The highest BCUT2D eigenvalue weighted by Gasteiger charge is 1.96.